The van der Waals surface area contributed by atoms with Gasteiger partial charge in [0.05, 0.1) is 5.92 Å². The molecule has 27 heavy (non-hydrogen) atoms. The van der Waals surface area contributed by atoms with Gasteiger partial charge in [-0.15, -0.1) is 10.2 Å². The normalized spacial score (nSPS) is 16.9. The molecule has 1 atom stereocenters. The molecule has 0 bridgehead atoms. The van der Waals surface area contributed by atoms with Gasteiger partial charge in [0, 0.05) is 25.3 Å². The third-order valence-corrected chi connectivity index (χ3v) is 5.37. The quantitative estimate of drug-likeness (QED) is 0.602. The van der Waals surface area contributed by atoms with Crippen LogP contribution in [0.1, 0.15) is 29.4 Å². The summed E-state index contributed by atoms with van der Waals surface area (Å²) in [4.78, 5) is 14.1. The molecule has 1 aliphatic rings. The van der Waals surface area contributed by atoms with E-state index < -0.39 is 0 Å². The Morgan fingerprint density at radius 1 is 1.07 bits per heavy atom. The Balaban J connectivity index is 1.35. The van der Waals surface area contributed by atoms with Crippen molar-refractivity contribution in [1.29, 1.82) is 0 Å². The Labute approximate surface area is 160 Å². The molecule has 1 aromatic heterocycles. The van der Waals surface area contributed by atoms with E-state index in [2.05, 4.69) is 10.2 Å². The van der Waals surface area contributed by atoms with Crippen molar-refractivity contribution in [1.82, 2.24) is 15.1 Å². The number of rotatable bonds is 6. The largest absolute Gasteiger partial charge is 0.416 e. The lowest BCUT2D eigenvalue weighted by Gasteiger charge is -2.15. The Bertz CT molecular complexity index is 914. The summed E-state index contributed by atoms with van der Waals surface area (Å²) >= 11 is 1.40. The number of halogens is 1. The van der Waals surface area contributed by atoms with Gasteiger partial charge in [-0.2, -0.15) is 0 Å². The molecule has 3 aromatic rings. The van der Waals surface area contributed by atoms with E-state index in [4.69, 9.17) is 4.42 Å². The number of likely N-dealkylation sites (tertiary alicyclic amines) is 1. The number of aromatic nitrogens is 2. The van der Waals surface area contributed by atoms with Crippen molar-refractivity contribution in [2.24, 2.45) is 0 Å². The molecule has 5 nitrogen and oxygen atoms in total. The summed E-state index contributed by atoms with van der Waals surface area (Å²) in [6, 6.07) is 16.2. The second-order valence-corrected chi connectivity index (χ2v) is 7.41. The van der Waals surface area contributed by atoms with Crippen LogP contribution in [0, 0.1) is 5.82 Å². The predicted molar refractivity (Wildman–Crippen MR) is 99.5 cm³/mol. The van der Waals surface area contributed by atoms with Gasteiger partial charge < -0.3 is 9.32 Å². The molecular weight excluding hydrogens is 365 g/mol. The molecule has 0 radical (unpaired) electrons. The summed E-state index contributed by atoms with van der Waals surface area (Å²) in [5.41, 5.74) is 2.08. The second kappa shape index (κ2) is 7.92. The highest BCUT2D eigenvalue weighted by molar-refractivity contribution is 7.98. The van der Waals surface area contributed by atoms with Gasteiger partial charge in [-0.05, 0) is 23.3 Å². The van der Waals surface area contributed by atoms with Crippen LogP contribution in [-0.4, -0.2) is 27.5 Å². The van der Waals surface area contributed by atoms with Crippen LogP contribution in [0.3, 0.4) is 0 Å². The molecule has 138 valence electrons. The number of nitrogens with zero attached hydrogens (tertiary/aromatic N) is 3. The molecular formula is C20H18FN3O2S. The first-order valence-corrected chi connectivity index (χ1v) is 9.68. The van der Waals surface area contributed by atoms with E-state index in [0.717, 1.165) is 11.1 Å². The summed E-state index contributed by atoms with van der Waals surface area (Å²) in [5.74, 6) is 0.887. The Morgan fingerprint density at radius 2 is 1.85 bits per heavy atom. The molecule has 1 aliphatic heterocycles. The topological polar surface area (TPSA) is 59.2 Å². The van der Waals surface area contributed by atoms with Gasteiger partial charge in [-0.3, -0.25) is 4.79 Å². The number of thioether (sulfide) groups is 1. The Morgan fingerprint density at radius 3 is 2.63 bits per heavy atom. The number of carbonyl (C=O) groups is 1. The van der Waals surface area contributed by atoms with E-state index in [1.165, 1.54) is 23.9 Å². The Hall–Kier alpha value is -2.67. The molecule has 1 unspecified atom stereocenters. The third-order valence-electron chi connectivity index (χ3n) is 4.48. The molecule has 4 rings (SSSR count). The van der Waals surface area contributed by atoms with Gasteiger partial charge in [0.15, 0.2) is 0 Å². The van der Waals surface area contributed by atoms with E-state index >= 15 is 0 Å². The fourth-order valence-corrected chi connectivity index (χ4v) is 3.79. The van der Waals surface area contributed by atoms with Gasteiger partial charge in [0.1, 0.15) is 5.82 Å². The van der Waals surface area contributed by atoms with Crippen molar-refractivity contribution in [2.45, 2.75) is 29.9 Å². The van der Waals surface area contributed by atoms with Crippen molar-refractivity contribution in [2.75, 3.05) is 6.54 Å². The molecule has 2 heterocycles. The zero-order valence-corrected chi connectivity index (χ0v) is 15.4. The molecule has 0 saturated carbocycles. The van der Waals surface area contributed by atoms with Crippen LogP contribution in [0.15, 0.2) is 64.2 Å². The van der Waals surface area contributed by atoms with Crippen molar-refractivity contribution in [3.05, 3.63) is 77.4 Å². The van der Waals surface area contributed by atoms with E-state index in [9.17, 15) is 9.18 Å². The molecule has 1 fully saturated rings. The van der Waals surface area contributed by atoms with Crippen LogP contribution < -0.4 is 0 Å². The molecule has 7 heteroatoms. The number of benzene rings is 2. The molecule has 0 N–H and O–H groups in total. The minimum absolute atomic E-state index is 0.0751. The summed E-state index contributed by atoms with van der Waals surface area (Å²) < 4.78 is 18.7. The maximum absolute atomic E-state index is 12.9. The second-order valence-electron chi connectivity index (χ2n) is 6.48. The molecule has 0 aliphatic carbocycles. The van der Waals surface area contributed by atoms with Crippen molar-refractivity contribution in [3.63, 3.8) is 0 Å². The van der Waals surface area contributed by atoms with E-state index in [0.29, 0.717) is 36.4 Å². The maximum atomic E-state index is 12.9. The zero-order valence-electron chi connectivity index (χ0n) is 14.5. The minimum Gasteiger partial charge on any atom is -0.416 e. The highest BCUT2D eigenvalue weighted by Gasteiger charge is 2.34. The lowest BCUT2D eigenvalue weighted by molar-refractivity contribution is -0.128. The van der Waals surface area contributed by atoms with Crippen LogP contribution in [0.4, 0.5) is 4.39 Å². The zero-order chi connectivity index (χ0) is 18.6. The summed E-state index contributed by atoms with van der Waals surface area (Å²) in [7, 11) is 0. The van der Waals surface area contributed by atoms with Gasteiger partial charge in [-0.25, -0.2) is 4.39 Å². The summed E-state index contributed by atoms with van der Waals surface area (Å²) in [5, 5.41) is 8.66. The molecule has 2 aromatic carbocycles. The molecule has 1 amide bonds. The first kappa shape index (κ1) is 17.7. The van der Waals surface area contributed by atoms with Crippen LogP contribution in [-0.2, 0) is 17.1 Å². The molecule has 1 saturated heterocycles. The van der Waals surface area contributed by atoms with Gasteiger partial charge in [0.25, 0.3) is 5.22 Å². The van der Waals surface area contributed by atoms with Gasteiger partial charge in [0.2, 0.25) is 11.8 Å². The average Bonchev–Trinajstić information content (AvgIpc) is 3.29. The number of hydrogen-bond donors (Lipinski definition) is 0. The lowest BCUT2D eigenvalue weighted by atomic mass is 10.1. The monoisotopic (exact) mass is 383 g/mol. The Kier molecular flexibility index (Phi) is 5.20. The van der Waals surface area contributed by atoms with E-state index in [1.807, 2.05) is 35.2 Å². The van der Waals surface area contributed by atoms with Gasteiger partial charge >= 0.3 is 0 Å². The standard InChI is InChI=1S/C20H18FN3O2S/c21-17-8-6-15(7-9-17)13-27-20-23-22-19(26-20)16-10-18(25)24(12-16)11-14-4-2-1-3-5-14/h1-9,16H,10-13H2. The highest BCUT2D eigenvalue weighted by atomic mass is 32.2. The van der Waals surface area contributed by atoms with Gasteiger partial charge in [-0.1, -0.05) is 54.2 Å². The SMILES string of the molecule is O=C1CC(c2nnc(SCc3ccc(F)cc3)o2)CN1Cc1ccccc1. The highest BCUT2D eigenvalue weighted by Crippen LogP contribution is 2.30. The maximum Gasteiger partial charge on any atom is 0.276 e. The van der Waals surface area contributed by atoms with Crippen LogP contribution in [0.5, 0.6) is 0 Å². The summed E-state index contributed by atoms with van der Waals surface area (Å²) in [6.45, 7) is 1.18. The lowest BCUT2D eigenvalue weighted by Crippen LogP contribution is -2.24. The smallest absolute Gasteiger partial charge is 0.276 e. The van der Waals surface area contributed by atoms with Crippen LogP contribution in [0.2, 0.25) is 0 Å². The van der Waals surface area contributed by atoms with E-state index in [-0.39, 0.29) is 17.6 Å². The predicted octanol–water partition coefficient (Wildman–Crippen LogP) is 4.02. The first-order valence-electron chi connectivity index (χ1n) is 8.70. The fraction of sp³-hybridized carbons (Fsp3) is 0.250. The summed E-state index contributed by atoms with van der Waals surface area (Å²) in [6.07, 6.45) is 0.386. The van der Waals surface area contributed by atoms with Crippen molar-refractivity contribution < 1.29 is 13.6 Å². The van der Waals surface area contributed by atoms with Crippen molar-refractivity contribution >= 4 is 17.7 Å². The van der Waals surface area contributed by atoms with Crippen molar-refractivity contribution in [3.8, 4) is 0 Å². The molecule has 0 spiro atoms. The average molecular weight is 383 g/mol. The number of carbonyl (C=O) groups excluding carboxylic acids is 1. The van der Waals surface area contributed by atoms with Crippen LogP contribution >= 0.6 is 11.8 Å². The minimum atomic E-state index is -0.255. The number of hydrogen-bond acceptors (Lipinski definition) is 5. The van der Waals surface area contributed by atoms with E-state index in [1.54, 1.807) is 12.1 Å². The van der Waals surface area contributed by atoms with Crippen LogP contribution in [0.25, 0.3) is 0 Å². The number of amides is 1. The first-order chi connectivity index (χ1) is 13.2. The fourth-order valence-electron chi connectivity index (χ4n) is 3.06. The third kappa shape index (κ3) is 4.36.